The minimum Gasteiger partial charge on any atom is -0.399 e. The summed E-state index contributed by atoms with van der Waals surface area (Å²) in [5.74, 6) is 1.29. The topological polar surface area (TPSA) is 96.1 Å². The van der Waals surface area contributed by atoms with Crippen molar-refractivity contribution in [3.63, 3.8) is 0 Å². The number of hydrogen-bond acceptors (Lipinski definition) is 8. The molecule has 31 heavy (non-hydrogen) atoms. The summed E-state index contributed by atoms with van der Waals surface area (Å²) < 4.78 is 39.1. The molecule has 0 saturated carbocycles. The van der Waals surface area contributed by atoms with Crippen LogP contribution in [0.2, 0.25) is 0 Å². The zero-order valence-corrected chi connectivity index (χ0v) is 17.2. The predicted molar refractivity (Wildman–Crippen MR) is 113 cm³/mol. The van der Waals surface area contributed by atoms with Crippen LogP contribution < -0.4 is 16.0 Å². The third-order valence-corrected chi connectivity index (χ3v) is 5.29. The molecule has 0 amide bonds. The molecule has 3 N–H and O–H groups in total. The second-order valence-electron chi connectivity index (χ2n) is 7.64. The number of likely N-dealkylation sites (N-methyl/N-ethyl adjacent to an activating group) is 1. The lowest BCUT2D eigenvalue weighted by atomic mass is 10.1. The molecule has 8 nitrogen and oxygen atoms in total. The van der Waals surface area contributed by atoms with Crippen LogP contribution in [-0.4, -0.2) is 58.3 Å². The number of hydrogen-bond donors (Lipinski definition) is 2. The molecule has 3 aromatic rings. The van der Waals surface area contributed by atoms with Gasteiger partial charge in [-0.15, -0.1) is 5.10 Å². The van der Waals surface area contributed by atoms with Crippen molar-refractivity contribution in [1.82, 2.24) is 25.1 Å². The summed E-state index contributed by atoms with van der Waals surface area (Å²) in [6, 6.07) is 4.17. The van der Waals surface area contributed by atoms with Crippen molar-refractivity contribution in [1.29, 1.82) is 0 Å². The van der Waals surface area contributed by atoms with Crippen LogP contribution in [0.5, 0.6) is 0 Å². The Balaban J connectivity index is 1.62. The summed E-state index contributed by atoms with van der Waals surface area (Å²) in [5.41, 5.74) is 5.50. The fraction of sp³-hybridized carbons (Fsp3) is 0.400. The van der Waals surface area contributed by atoms with Crippen molar-refractivity contribution in [2.75, 3.05) is 49.2 Å². The highest BCUT2D eigenvalue weighted by Crippen LogP contribution is 2.30. The Labute approximate surface area is 177 Å². The number of alkyl halides is 3. The number of nitrogen functional groups attached to an aromatic ring is 1. The summed E-state index contributed by atoms with van der Waals surface area (Å²) in [7, 11) is 2.08. The van der Waals surface area contributed by atoms with E-state index in [0.717, 1.165) is 54.5 Å². The van der Waals surface area contributed by atoms with Crippen LogP contribution >= 0.6 is 0 Å². The maximum absolute atomic E-state index is 13.0. The van der Waals surface area contributed by atoms with Crippen molar-refractivity contribution in [3.05, 3.63) is 41.5 Å². The highest BCUT2D eigenvalue weighted by Gasteiger charge is 2.33. The van der Waals surface area contributed by atoms with E-state index in [-0.39, 0.29) is 17.9 Å². The average Bonchev–Trinajstić information content (AvgIpc) is 2.72. The minimum atomic E-state index is -4.57. The maximum Gasteiger partial charge on any atom is 0.433 e. The van der Waals surface area contributed by atoms with E-state index >= 15 is 0 Å². The molecular weight excluding hydrogens is 409 g/mol. The lowest BCUT2D eigenvalue weighted by Gasteiger charge is -2.33. The Morgan fingerprint density at radius 3 is 2.52 bits per heavy atom. The van der Waals surface area contributed by atoms with Gasteiger partial charge in [0.15, 0.2) is 5.82 Å². The summed E-state index contributed by atoms with van der Waals surface area (Å²) in [5, 5.41) is 13.1. The van der Waals surface area contributed by atoms with E-state index in [2.05, 4.69) is 42.3 Å². The molecule has 3 aromatic heterocycles. The predicted octanol–water partition coefficient (Wildman–Crippen LogP) is 2.69. The number of fused-ring (bicyclic) bond motifs is 1. The van der Waals surface area contributed by atoms with Crippen molar-refractivity contribution in [3.8, 4) is 0 Å². The molecule has 1 aliphatic rings. The second-order valence-corrected chi connectivity index (χ2v) is 7.64. The van der Waals surface area contributed by atoms with Crippen molar-refractivity contribution < 1.29 is 13.2 Å². The molecule has 1 aliphatic heterocycles. The van der Waals surface area contributed by atoms with Gasteiger partial charge in [-0.05, 0) is 32.2 Å². The normalized spacial score (nSPS) is 15.5. The number of halogens is 3. The van der Waals surface area contributed by atoms with Gasteiger partial charge >= 0.3 is 6.18 Å². The summed E-state index contributed by atoms with van der Waals surface area (Å²) in [4.78, 5) is 12.7. The van der Waals surface area contributed by atoms with Gasteiger partial charge < -0.3 is 20.9 Å². The number of pyridine rings is 2. The minimum absolute atomic E-state index is 0.000487. The van der Waals surface area contributed by atoms with E-state index < -0.39 is 11.9 Å². The zero-order chi connectivity index (χ0) is 22.2. The first-order valence-corrected chi connectivity index (χ1v) is 9.85. The van der Waals surface area contributed by atoms with Crippen LogP contribution in [0.25, 0.3) is 10.8 Å². The van der Waals surface area contributed by atoms with E-state index in [4.69, 9.17) is 5.73 Å². The number of aryl methyl sites for hydroxylation is 1. The van der Waals surface area contributed by atoms with Gasteiger partial charge in [-0.1, -0.05) is 0 Å². The molecule has 0 atom stereocenters. The number of nitrogens with two attached hydrogens (primary N) is 1. The molecule has 0 radical (unpaired) electrons. The fourth-order valence-electron chi connectivity index (χ4n) is 3.52. The van der Waals surface area contributed by atoms with Gasteiger partial charge in [0.2, 0.25) is 0 Å². The van der Waals surface area contributed by atoms with Crippen LogP contribution in [0.3, 0.4) is 0 Å². The van der Waals surface area contributed by atoms with Gasteiger partial charge in [0, 0.05) is 48.8 Å². The fourth-order valence-corrected chi connectivity index (χ4v) is 3.52. The average molecular weight is 432 g/mol. The molecule has 0 bridgehead atoms. The van der Waals surface area contributed by atoms with Crippen molar-refractivity contribution in [2.45, 2.75) is 19.6 Å². The molecule has 11 heteroatoms. The molecule has 0 aliphatic carbocycles. The Hall–Kier alpha value is -3.21. The molecule has 0 spiro atoms. The quantitative estimate of drug-likeness (QED) is 0.650. The second kappa shape index (κ2) is 8.14. The van der Waals surface area contributed by atoms with E-state index in [9.17, 15) is 13.2 Å². The van der Waals surface area contributed by atoms with E-state index in [1.807, 2.05) is 13.0 Å². The van der Waals surface area contributed by atoms with Crippen molar-refractivity contribution >= 4 is 28.1 Å². The van der Waals surface area contributed by atoms with Crippen LogP contribution in [-0.2, 0) is 12.7 Å². The van der Waals surface area contributed by atoms with Gasteiger partial charge in [0.05, 0.1) is 17.9 Å². The Kier molecular flexibility index (Phi) is 5.52. The lowest BCUT2D eigenvalue weighted by Crippen LogP contribution is -2.44. The van der Waals surface area contributed by atoms with Crippen LogP contribution in [0.15, 0.2) is 24.4 Å². The molecule has 164 valence electrons. The number of rotatable bonds is 4. The van der Waals surface area contributed by atoms with E-state index in [1.165, 1.54) is 6.07 Å². The van der Waals surface area contributed by atoms with Gasteiger partial charge in [0.25, 0.3) is 0 Å². The zero-order valence-electron chi connectivity index (χ0n) is 17.2. The van der Waals surface area contributed by atoms with Crippen LogP contribution in [0.1, 0.15) is 17.1 Å². The molecular formula is C20H23F3N8. The van der Waals surface area contributed by atoms with Crippen LogP contribution in [0, 0.1) is 6.92 Å². The first kappa shape index (κ1) is 21.0. The first-order valence-electron chi connectivity index (χ1n) is 9.85. The number of aromatic nitrogens is 4. The molecule has 0 aromatic carbocycles. The maximum atomic E-state index is 13.0. The standard InChI is InChI=1S/C20H23F3N8/c1-12-16-11-25-18(31-5-3-30(2)4-6-31)9-15(16)19(29-28-12)26-10-14-7-13(24)8-17(27-14)20(21,22)23/h7-9,11H,3-6,10H2,1-2H3,(H2,24,27)(H,26,29). The molecule has 1 saturated heterocycles. The third-order valence-electron chi connectivity index (χ3n) is 5.29. The Bertz CT molecular complexity index is 1090. The van der Waals surface area contributed by atoms with Crippen LogP contribution in [0.4, 0.5) is 30.5 Å². The number of nitrogens with zero attached hydrogens (tertiary/aromatic N) is 6. The Morgan fingerprint density at radius 1 is 1.06 bits per heavy atom. The van der Waals surface area contributed by atoms with E-state index in [0.29, 0.717) is 5.82 Å². The molecule has 4 rings (SSSR count). The van der Waals surface area contributed by atoms with Gasteiger partial charge in [-0.3, -0.25) is 0 Å². The third kappa shape index (κ3) is 4.61. The van der Waals surface area contributed by atoms with Gasteiger partial charge in [0.1, 0.15) is 11.5 Å². The number of nitrogens with one attached hydrogen (secondary N) is 1. The summed E-state index contributed by atoms with van der Waals surface area (Å²) >= 11 is 0. The van der Waals surface area contributed by atoms with E-state index in [1.54, 1.807) is 6.20 Å². The smallest absolute Gasteiger partial charge is 0.399 e. The SMILES string of the molecule is Cc1nnc(NCc2cc(N)cc(C(F)(F)F)n2)c2cc(N3CCN(C)CC3)ncc12. The molecule has 0 unspecified atom stereocenters. The highest BCUT2D eigenvalue weighted by molar-refractivity contribution is 5.94. The Morgan fingerprint density at radius 2 is 1.81 bits per heavy atom. The lowest BCUT2D eigenvalue weighted by molar-refractivity contribution is -0.141. The van der Waals surface area contributed by atoms with Gasteiger partial charge in [-0.2, -0.15) is 18.3 Å². The highest BCUT2D eigenvalue weighted by atomic mass is 19.4. The van der Waals surface area contributed by atoms with Crippen molar-refractivity contribution in [2.24, 2.45) is 0 Å². The molecule has 4 heterocycles. The first-order chi connectivity index (χ1) is 14.7. The van der Waals surface area contributed by atoms with Gasteiger partial charge in [-0.25, -0.2) is 9.97 Å². The number of anilines is 3. The molecule has 1 fully saturated rings. The summed E-state index contributed by atoms with van der Waals surface area (Å²) in [6.45, 7) is 5.48. The largest absolute Gasteiger partial charge is 0.433 e. The number of piperazine rings is 1. The summed E-state index contributed by atoms with van der Waals surface area (Å²) in [6.07, 6.45) is -2.80. The monoisotopic (exact) mass is 432 g/mol.